The maximum absolute atomic E-state index is 12.6. The summed E-state index contributed by atoms with van der Waals surface area (Å²) in [6.07, 6.45) is 3.21. The van der Waals surface area contributed by atoms with Gasteiger partial charge in [-0.05, 0) is 44.0 Å². The first-order valence-electron chi connectivity index (χ1n) is 9.52. The number of thiophene rings is 1. The van der Waals surface area contributed by atoms with Crippen molar-refractivity contribution in [2.75, 3.05) is 18.0 Å². The Balaban J connectivity index is 1.27. The third-order valence-electron chi connectivity index (χ3n) is 5.04. The Labute approximate surface area is 177 Å². The van der Waals surface area contributed by atoms with Crippen molar-refractivity contribution < 1.29 is 4.79 Å². The lowest BCUT2D eigenvalue weighted by atomic mass is 9.96. The van der Waals surface area contributed by atoms with Gasteiger partial charge < -0.3 is 10.2 Å². The molecule has 148 valence electrons. The van der Waals surface area contributed by atoms with Crippen molar-refractivity contribution in [3.63, 3.8) is 0 Å². The smallest absolute Gasteiger partial charge is 0.223 e. The third-order valence-corrected chi connectivity index (χ3v) is 6.92. The molecule has 29 heavy (non-hydrogen) atoms. The molecule has 1 aliphatic rings. The van der Waals surface area contributed by atoms with Gasteiger partial charge in [0.2, 0.25) is 5.91 Å². The summed E-state index contributed by atoms with van der Waals surface area (Å²) in [4.78, 5) is 25.9. The van der Waals surface area contributed by atoms with E-state index in [1.165, 1.54) is 0 Å². The first-order valence-corrected chi connectivity index (χ1v) is 11.2. The summed E-state index contributed by atoms with van der Waals surface area (Å²) in [7, 11) is 0. The van der Waals surface area contributed by atoms with Crippen molar-refractivity contribution in [2.45, 2.75) is 26.3 Å². The molecule has 0 atom stereocenters. The van der Waals surface area contributed by atoms with Crippen molar-refractivity contribution in [1.29, 1.82) is 5.26 Å². The predicted octanol–water partition coefficient (Wildman–Crippen LogP) is 3.98. The molecule has 0 aliphatic carbocycles. The number of nitriles is 1. The minimum atomic E-state index is 0.0326. The van der Waals surface area contributed by atoms with Crippen LogP contribution in [0.15, 0.2) is 35.8 Å². The fourth-order valence-electron chi connectivity index (χ4n) is 3.42. The number of pyridine rings is 1. The highest BCUT2D eigenvalue weighted by Crippen LogP contribution is 2.29. The van der Waals surface area contributed by atoms with Gasteiger partial charge in [-0.25, -0.2) is 9.97 Å². The van der Waals surface area contributed by atoms with Gasteiger partial charge in [0, 0.05) is 35.5 Å². The minimum Gasteiger partial charge on any atom is -0.357 e. The third kappa shape index (κ3) is 4.63. The fraction of sp³-hybridized carbons (Fsp3) is 0.333. The topological polar surface area (TPSA) is 81.9 Å². The number of anilines is 1. The van der Waals surface area contributed by atoms with E-state index in [1.54, 1.807) is 34.9 Å². The quantitative estimate of drug-likeness (QED) is 0.671. The average Bonchev–Trinajstić information content (AvgIpc) is 3.41. The predicted molar refractivity (Wildman–Crippen MR) is 116 cm³/mol. The van der Waals surface area contributed by atoms with Crippen LogP contribution in [0.5, 0.6) is 0 Å². The van der Waals surface area contributed by atoms with Gasteiger partial charge in [0.25, 0.3) is 0 Å². The summed E-state index contributed by atoms with van der Waals surface area (Å²) in [5.41, 5.74) is 1.57. The first-order chi connectivity index (χ1) is 14.1. The molecule has 0 radical (unpaired) electrons. The van der Waals surface area contributed by atoms with E-state index in [-0.39, 0.29) is 11.8 Å². The lowest BCUT2D eigenvalue weighted by molar-refractivity contribution is -0.125. The largest absolute Gasteiger partial charge is 0.357 e. The van der Waals surface area contributed by atoms with E-state index in [4.69, 9.17) is 5.26 Å². The molecule has 4 rings (SSSR count). The van der Waals surface area contributed by atoms with Crippen molar-refractivity contribution in [2.24, 2.45) is 5.92 Å². The van der Waals surface area contributed by atoms with Crippen LogP contribution in [0.3, 0.4) is 0 Å². The zero-order valence-corrected chi connectivity index (χ0v) is 17.7. The van der Waals surface area contributed by atoms with E-state index in [2.05, 4.69) is 43.8 Å². The molecule has 0 bridgehead atoms. The van der Waals surface area contributed by atoms with Crippen LogP contribution in [0.2, 0.25) is 0 Å². The van der Waals surface area contributed by atoms with Crippen LogP contribution in [0.25, 0.3) is 10.6 Å². The Morgan fingerprint density at radius 3 is 2.79 bits per heavy atom. The maximum Gasteiger partial charge on any atom is 0.223 e. The van der Waals surface area contributed by atoms with Crippen molar-refractivity contribution >= 4 is 34.4 Å². The molecule has 0 spiro atoms. The number of rotatable bonds is 5. The standard InChI is InChI=1S/C21H21N5OS2/c1-14-25-18(13-28-14)19-4-3-17(29-19)12-24-21(27)16-6-8-26(9-7-16)20-5-2-15(10-22)11-23-20/h2-5,11,13,16H,6-9,12H2,1H3,(H,24,27). The number of hydrogen-bond acceptors (Lipinski definition) is 7. The van der Waals surface area contributed by atoms with Gasteiger partial charge in [0.1, 0.15) is 11.9 Å². The van der Waals surface area contributed by atoms with Crippen molar-refractivity contribution in [1.82, 2.24) is 15.3 Å². The molecule has 6 nitrogen and oxygen atoms in total. The zero-order valence-electron chi connectivity index (χ0n) is 16.1. The molecule has 0 saturated carbocycles. The SMILES string of the molecule is Cc1nc(-c2ccc(CNC(=O)C3CCN(c4ccc(C#N)cn4)CC3)s2)cs1. The molecular weight excluding hydrogens is 402 g/mol. The van der Waals surface area contributed by atoms with Gasteiger partial charge >= 0.3 is 0 Å². The molecule has 1 amide bonds. The highest BCUT2D eigenvalue weighted by Gasteiger charge is 2.25. The number of carbonyl (C=O) groups excluding carboxylic acids is 1. The summed E-state index contributed by atoms with van der Waals surface area (Å²) in [5, 5.41) is 15.1. The van der Waals surface area contributed by atoms with Gasteiger partial charge in [0.15, 0.2) is 0 Å². The normalized spacial score (nSPS) is 14.6. The number of nitrogens with one attached hydrogen (secondary N) is 1. The van der Waals surface area contributed by atoms with E-state index < -0.39 is 0 Å². The summed E-state index contributed by atoms with van der Waals surface area (Å²) < 4.78 is 0. The van der Waals surface area contributed by atoms with Gasteiger partial charge in [-0.3, -0.25) is 4.79 Å². The van der Waals surface area contributed by atoms with Crippen LogP contribution in [0.4, 0.5) is 5.82 Å². The van der Waals surface area contributed by atoms with Crippen LogP contribution in [0.1, 0.15) is 28.3 Å². The van der Waals surface area contributed by atoms with E-state index in [0.29, 0.717) is 12.1 Å². The number of aromatic nitrogens is 2. The van der Waals surface area contributed by atoms with Crippen LogP contribution < -0.4 is 10.2 Å². The number of thiazole rings is 1. The van der Waals surface area contributed by atoms with Gasteiger partial charge in [-0.1, -0.05) is 0 Å². The average molecular weight is 424 g/mol. The minimum absolute atomic E-state index is 0.0326. The lowest BCUT2D eigenvalue weighted by Crippen LogP contribution is -2.40. The molecule has 1 N–H and O–H groups in total. The van der Waals surface area contributed by atoms with E-state index in [0.717, 1.165) is 52.2 Å². The molecule has 0 aromatic carbocycles. The second-order valence-electron chi connectivity index (χ2n) is 7.01. The van der Waals surface area contributed by atoms with E-state index in [9.17, 15) is 4.79 Å². The summed E-state index contributed by atoms with van der Waals surface area (Å²) in [6.45, 7) is 4.16. The fourth-order valence-corrected chi connectivity index (χ4v) is 5.01. The molecule has 4 heterocycles. The summed E-state index contributed by atoms with van der Waals surface area (Å²) >= 11 is 3.33. The van der Waals surface area contributed by atoms with Gasteiger partial charge in [-0.15, -0.1) is 22.7 Å². The molecule has 1 aliphatic heterocycles. The Hall–Kier alpha value is -2.76. The van der Waals surface area contributed by atoms with Gasteiger partial charge in [-0.2, -0.15) is 5.26 Å². The monoisotopic (exact) mass is 423 g/mol. The van der Waals surface area contributed by atoms with Gasteiger partial charge in [0.05, 0.1) is 27.7 Å². The van der Waals surface area contributed by atoms with Crippen LogP contribution in [0, 0.1) is 24.2 Å². The second kappa shape index (κ2) is 8.72. The Kier molecular flexibility index (Phi) is 5.88. The maximum atomic E-state index is 12.6. The molecule has 0 unspecified atom stereocenters. The molecule has 1 saturated heterocycles. The molecule has 1 fully saturated rings. The number of piperidine rings is 1. The number of amides is 1. The first kappa shape index (κ1) is 19.6. The zero-order chi connectivity index (χ0) is 20.2. The molecule has 3 aromatic heterocycles. The van der Waals surface area contributed by atoms with Crippen LogP contribution >= 0.6 is 22.7 Å². The summed E-state index contributed by atoms with van der Waals surface area (Å²) in [5.74, 6) is 1.02. The number of aryl methyl sites for hydroxylation is 1. The number of nitrogens with zero attached hydrogens (tertiary/aromatic N) is 4. The van der Waals surface area contributed by atoms with Crippen molar-refractivity contribution in [3.8, 4) is 16.6 Å². The second-order valence-corrected chi connectivity index (χ2v) is 9.24. The van der Waals surface area contributed by atoms with Crippen molar-refractivity contribution in [3.05, 3.63) is 51.3 Å². The Morgan fingerprint density at radius 1 is 1.31 bits per heavy atom. The molecule has 3 aromatic rings. The summed E-state index contributed by atoms with van der Waals surface area (Å²) in [6, 6.07) is 9.87. The van der Waals surface area contributed by atoms with E-state index in [1.807, 2.05) is 13.0 Å². The van der Waals surface area contributed by atoms with E-state index >= 15 is 0 Å². The van der Waals surface area contributed by atoms with Crippen LogP contribution in [-0.4, -0.2) is 29.0 Å². The number of hydrogen-bond donors (Lipinski definition) is 1. The molecule has 8 heteroatoms. The number of carbonyl (C=O) groups is 1. The Bertz CT molecular complexity index is 1030. The lowest BCUT2D eigenvalue weighted by Gasteiger charge is -2.32. The highest BCUT2D eigenvalue weighted by atomic mass is 32.1. The van der Waals surface area contributed by atoms with Crippen LogP contribution in [-0.2, 0) is 11.3 Å². The highest BCUT2D eigenvalue weighted by molar-refractivity contribution is 7.16. The Morgan fingerprint density at radius 2 is 2.14 bits per heavy atom. The molecular formula is C21H21N5OS2.